The first kappa shape index (κ1) is 11.9. The van der Waals surface area contributed by atoms with E-state index in [4.69, 9.17) is 4.84 Å². The number of carbonyl (C=O) groups is 1. The van der Waals surface area contributed by atoms with Gasteiger partial charge in [0.2, 0.25) is 0 Å². The molecule has 0 aromatic rings. The van der Waals surface area contributed by atoms with Crippen LogP contribution in [0.15, 0.2) is 0 Å². The summed E-state index contributed by atoms with van der Waals surface area (Å²) in [4.78, 5) is 17.9. The van der Waals surface area contributed by atoms with Crippen LogP contribution >= 0.6 is 0 Å². The SMILES string of the molecule is CC(C)CC1(C(=O)N2CCCO2)CCCC1. The molecular weight excluding hydrogens is 202 g/mol. The molecule has 1 aliphatic heterocycles. The fourth-order valence-electron chi connectivity index (χ4n) is 3.21. The second kappa shape index (κ2) is 4.74. The molecule has 1 amide bonds. The summed E-state index contributed by atoms with van der Waals surface area (Å²) in [5.41, 5.74) is -0.0987. The Bertz CT molecular complexity index is 251. The molecule has 0 N–H and O–H groups in total. The lowest BCUT2D eigenvalue weighted by Crippen LogP contribution is -2.41. The molecule has 2 rings (SSSR count). The molecule has 0 radical (unpaired) electrons. The minimum Gasteiger partial charge on any atom is -0.272 e. The topological polar surface area (TPSA) is 29.5 Å². The third-order valence-corrected chi connectivity index (χ3v) is 3.79. The van der Waals surface area contributed by atoms with Crippen LogP contribution in [0.2, 0.25) is 0 Å². The monoisotopic (exact) mass is 225 g/mol. The van der Waals surface area contributed by atoms with E-state index in [9.17, 15) is 4.79 Å². The maximum absolute atomic E-state index is 12.5. The van der Waals surface area contributed by atoms with Crippen LogP contribution in [0.4, 0.5) is 0 Å². The number of nitrogens with zero attached hydrogens (tertiary/aromatic N) is 1. The quantitative estimate of drug-likeness (QED) is 0.739. The number of hydrogen-bond donors (Lipinski definition) is 0. The summed E-state index contributed by atoms with van der Waals surface area (Å²) >= 11 is 0. The zero-order valence-electron chi connectivity index (χ0n) is 10.5. The summed E-state index contributed by atoms with van der Waals surface area (Å²) in [5.74, 6) is 0.848. The van der Waals surface area contributed by atoms with Gasteiger partial charge in [0.05, 0.1) is 18.6 Å². The summed E-state index contributed by atoms with van der Waals surface area (Å²) in [6.45, 7) is 5.92. The van der Waals surface area contributed by atoms with Gasteiger partial charge in [-0.2, -0.15) is 0 Å². The van der Waals surface area contributed by atoms with Crippen molar-refractivity contribution in [3.05, 3.63) is 0 Å². The lowest BCUT2D eigenvalue weighted by Gasteiger charge is -2.32. The van der Waals surface area contributed by atoms with Crippen molar-refractivity contribution in [1.82, 2.24) is 5.06 Å². The Morgan fingerprint density at radius 2 is 2.00 bits per heavy atom. The lowest BCUT2D eigenvalue weighted by atomic mass is 9.77. The van der Waals surface area contributed by atoms with Crippen molar-refractivity contribution < 1.29 is 9.63 Å². The van der Waals surface area contributed by atoms with Gasteiger partial charge >= 0.3 is 0 Å². The zero-order valence-corrected chi connectivity index (χ0v) is 10.5. The van der Waals surface area contributed by atoms with Gasteiger partial charge in [-0.15, -0.1) is 0 Å². The van der Waals surface area contributed by atoms with E-state index in [1.54, 1.807) is 5.06 Å². The van der Waals surface area contributed by atoms with Crippen LogP contribution in [0, 0.1) is 11.3 Å². The highest BCUT2D eigenvalue weighted by atomic mass is 16.7. The van der Waals surface area contributed by atoms with E-state index in [1.165, 1.54) is 12.8 Å². The molecule has 1 aliphatic carbocycles. The van der Waals surface area contributed by atoms with Gasteiger partial charge < -0.3 is 0 Å². The Morgan fingerprint density at radius 3 is 2.50 bits per heavy atom. The van der Waals surface area contributed by atoms with Crippen molar-refractivity contribution in [2.75, 3.05) is 13.2 Å². The molecule has 3 heteroatoms. The van der Waals surface area contributed by atoms with Crippen LogP contribution in [0.25, 0.3) is 0 Å². The average Bonchev–Trinajstić information content (AvgIpc) is 2.85. The molecule has 0 bridgehead atoms. The first-order chi connectivity index (χ1) is 7.64. The molecule has 0 aromatic carbocycles. The van der Waals surface area contributed by atoms with E-state index in [1.807, 2.05) is 0 Å². The molecule has 0 atom stereocenters. The van der Waals surface area contributed by atoms with Crippen LogP contribution in [-0.2, 0) is 9.63 Å². The molecular formula is C13H23NO2. The van der Waals surface area contributed by atoms with Crippen LogP contribution in [0.1, 0.15) is 52.4 Å². The van der Waals surface area contributed by atoms with Crippen molar-refractivity contribution in [2.45, 2.75) is 52.4 Å². The minimum atomic E-state index is -0.0987. The van der Waals surface area contributed by atoms with Crippen LogP contribution in [-0.4, -0.2) is 24.1 Å². The van der Waals surface area contributed by atoms with E-state index in [2.05, 4.69) is 13.8 Å². The normalized spacial score (nSPS) is 24.3. The Hall–Kier alpha value is -0.570. The second-order valence-corrected chi connectivity index (χ2v) is 5.68. The predicted octanol–water partition coefficient (Wildman–Crippen LogP) is 2.76. The van der Waals surface area contributed by atoms with Crippen molar-refractivity contribution in [3.63, 3.8) is 0 Å². The van der Waals surface area contributed by atoms with Crippen LogP contribution in [0.3, 0.4) is 0 Å². The van der Waals surface area contributed by atoms with E-state index in [0.717, 1.165) is 32.2 Å². The summed E-state index contributed by atoms with van der Waals surface area (Å²) in [7, 11) is 0. The number of hydroxylamine groups is 2. The lowest BCUT2D eigenvalue weighted by molar-refractivity contribution is -0.181. The summed E-state index contributed by atoms with van der Waals surface area (Å²) in [6, 6.07) is 0. The Labute approximate surface area is 98.1 Å². The van der Waals surface area contributed by atoms with Gasteiger partial charge in [0, 0.05) is 0 Å². The predicted molar refractivity (Wildman–Crippen MR) is 62.6 cm³/mol. The molecule has 1 heterocycles. The van der Waals surface area contributed by atoms with Gasteiger partial charge in [-0.25, -0.2) is 5.06 Å². The van der Waals surface area contributed by atoms with Gasteiger partial charge in [0.25, 0.3) is 5.91 Å². The molecule has 2 fully saturated rings. The number of carbonyl (C=O) groups excluding carboxylic acids is 1. The van der Waals surface area contributed by atoms with Gasteiger partial charge in [0.15, 0.2) is 0 Å². The number of amides is 1. The van der Waals surface area contributed by atoms with Gasteiger partial charge in [0.1, 0.15) is 0 Å². The van der Waals surface area contributed by atoms with Crippen molar-refractivity contribution in [2.24, 2.45) is 11.3 Å². The summed E-state index contributed by atoms with van der Waals surface area (Å²) in [6.07, 6.45) is 6.53. The molecule has 2 aliphatic rings. The molecule has 0 unspecified atom stereocenters. The molecule has 0 aromatic heterocycles. The average molecular weight is 225 g/mol. The van der Waals surface area contributed by atoms with Gasteiger partial charge in [-0.3, -0.25) is 9.63 Å². The van der Waals surface area contributed by atoms with E-state index >= 15 is 0 Å². The highest BCUT2D eigenvalue weighted by molar-refractivity contribution is 5.82. The number of rotatable bonds is 3. The fourth-order valence-corrected chi connectivity index (χ4v) is 3.21. The first-order valence-electron chi connectivity index (χ1n) is 6.59. The molecule has 1 saturated carbocycles. The summed E-state index contributed by atoms with van der Waals surface area (Å²) < 4.78 is 0. The molecule has 3 nitrogen and oxygen atoms in total. The van der Waals surface area contributed by atoms with E-state index in [-0.39, 0.29) is 11.3 Å². The van der Waals surface area contributed by atoms with E-state index < -0.39 is 0 Å². The van der Waals surface area contributed by atoms with Gasteiger partial charge in [-0.1, -0.05) is 26.7 Å². The second-order valence-electron chi connectivity index (χ2n) is 5.68. The maximum Gasteiger partial charge on any atom is 0.252 e. The minimum absolute atomic E-state index is 0.0987. The standard InChI is InChI=1S/C13H23NO2/c1-11(2)10-13(6-3-4-7-13)12(15)14-8-5-9-16-14/h11H,3-10H2,1-2H3. The third kappa shape index (κ3) is 2.24. The Kier molecular flexibility index (Phi) is 3.53. The van der Waals surface area contributed by atoms with Crippen molar-refractivity contribution >= 4 is 5.91 Å². The molecule has 16 heavy (non-hydrogen) atoms. The highest BCUT2D eigenvalue weighted by Gasteiger charge is 2.44. The Balaban J connectivity index is 2.08. The largest absolute Gasteiger partial charge is 0.272 e. The molecule has 92 valence electrons. The smallest absolute Gasteiger partial charge is 0.252 e. The summed E-state index contributed by atoms with van der Waals surface area (Å²) in [5, 5.41) is 1.63. The number of hydrogen-bond acceptors (Lipinski definition) is 2. The molecule has 1 saturated heterocycles. The van der Waals surface area contributed by atoms with Crippen LogP contribution in [0.5, 0.6) is 0 Å². The van der Waals surface area contributed by atoms with Crippen molar-refractivity contribution in [1.29, 1.82) is 0 Å². The zero-order chi connectivity index (χ0) is 11.6. The Morgan fingerprint density at radius 1 is 1.31 bits per heavy atom. The fraction of sp³-hybridized carbons (Fsp3) is 0.923. The maximum atomic E-state index is 12.5. The third-order valence-electron chi connectivity index (χ3n) is 3.79. The first-order valence-corrected chi connectivity index (χ1v) is 6.59. The van der Waals surface area contributed by atoms with Crippen LogP contribution < -0.4 is 0 Å². The highest BCUT2D eigenvalue weighted by Crippen LogP contribution is 2.45. The van der Waals surface area contributed by atoms with Gasteiger partial charge in [-0.05, 0) is 31.6 Å². The van der Waals surface area contributed by atoms with E-state index in [0.29, 0.717) is 12.5 Å². The van der Waals surface area contributed by atoms with Crippen molar-refractivity contribution in [3.8, 4) is 0 Å². The molecule has 0 spiro atoms.